The number of nitrogens with one attached hydrogen (secondary N) is 1. The summed E-state index contributed by atoms with van der Waals surface area (Å²) in [6.07, 6.45) is 2.86. The number of carbonyl (C=O) groups is 2. The Balaban J connectivity index is 1.83. The lowest BCUT2D eigenvalue weighted by atomic mass is 9.82. The Bertz CT molecular complexity index is 623. The van der Waals surface area contributed by atoms with Crippen LogP contribution in [0.25, 0.3) is 0 Å². The smallest absolute Gasteiger partial charge is 0.319 e. The molecule has 3 amide bonds. The first kappa shape index (κ1) is 17.9. The molecule has 2 heterocycles. The van der Waals surface area contributed by atoms with E-state index in [2.05, 4.69) is 31.0 Å². The van der Waals surface area contributed by atoms with E-state index >= 15 is 0 Å². The fourth-order valence-electron chi connectivity index (χ4n) is 3.94. The second-order valence-corrected chi connectivity index (χ2v) is 7.97. The van der Waals surface area contributed by atoms with Gasteiger partial charge in [-0.2, -0.15) is 0 Å². The number of amides is 3. The maximum atomic E-state index is 13.3. The fraction of sp³-hybridized carbons (Fsp3) is 0.600. The lowest BCUT2D eigenvalue weighted by molar-refractivity contribution is -0.134. The van der Waals surface area contributed by atoms with Gasteiger partial charge in [0, 0.05) is 13.1 Å². The predicted molar refractivity (Wildman–Crippen MR) is 97.8 cm³/mol. The van der Waals surface area contributed by atoms with E-state index in [9.17, 15) is 9.59 Å². The molecule has 0 spiro atoms. The minimum atomic E-state index is -0.935. The van der Waals surface area contributed by atoms with Crippen molar-refractivity contribution in [1.29, 1.82) is 0 Å². The Morgan fingerprint density at radius 3 is 2.40 bits per heavy atom. The number of piperidine rings is 1. The zero-order valence-electron chi connectivity index (χ0n) is 15.5. The van der Waals surface area contributed by atoms with Gasteiger partial charge < -0.3 is 5.32 Å². The van der Waals surface area contributed by atoms with E-state index in [1.165, 1.54) is 4.90 Å². The number of urea groups is 1. The van der Waals surface area contributed by atoms with Gasteiger partial charge in [0.15, 0.2) is 0 Å². The maximum absolute atomic E-state index is 13.3. The number of nitrogens with zero attached hydrogens (tertiary/aromatic N) is 2. The highest BCUT2D eigenvalue weighted by atomic mass is 16.2. The zero-order chi connectivity index (χ0) is 18.0. The molecule has 2 aliphatic rings. The highest BCUT2D eigenvalue weighted by molar-refractivity contribution is 6.07. The number of likely N-dealkylation sites (tertiary alicyclic amines) is 1. The summed E-state index contributed by atoms with van der Waals surface area (Å²) in [5.74, 6) is 0.903. The Hall–Kier alpha value is -1.88. The zero-order valence-corrected chi connectivity index (χ0v) is 15.5. The predicted octanol–water partition coefficient (Wildman–Crippen LogP) is 3.17. The largest absolute Gasteiger partial charge is 0.326 e. The Morgan fingerprint density at radius 1 is 1.16 bits per heavy atom. The molecule has 0 radical (unpaired) electrons. The second kappa shape index (κ2) is 7.16. The molecule has 0 saturated carbocycles. The van der Waals surface area contributed by atoms with Gasteiger partial charge in [0.1, 0.15) is 5.54 Å². The van der Waals surface area contributed by atoms with Gasteiger partial charge in [0.2, 0.25) is 0 Å². The van der Waals surface area contributed by atoms with Gasteiger partial charge in [0.05, 0.1) is 6.67 Å². The molecule has 3 rings (SSSR count). The van der Waals surface area contributed by atoms with E-state index in [1.807, 2.05) is 30.3 Å². The summed E-state index contributed by atoms with van der Waals surface area (Å²) >= 11 is 0. The molecular weight excluding hydrogens is 314 g/mol. The molecule has 25 heavy (non-hydrogen) atoms. The van der Waals surface area contributed by atoms with Crippen LogP contribution in [0.15, 0.2) is 30.3 Å². The Morgan fingerprint density at radius 2 is 1.80 bits per heavy atom. The molecular formula is C20H29N3O2. The van der Waals surface area contributed by atoms with Gasteiger partial charge in [-0.15, -0.1) is 0 Å². The van der Waals surface area contributed by atoms with Crippen LogP contribution in [0.5, 0.6) is 0 Å². The highest BCUT2D eigenvalue weighted by Gasteiger charge is 2.52. The lowest BCUT2D eigenvalue weighted by Gasteiger charge is -2.33. The number of hydrogen-bond acceptors (Lipinski definition) is 3. The summed E-state index contributed by atoms with van der Waals surface area (Å²) in [5, 5.41) is 3.02. The molecule has 0 aliphatic carbocycles. The van der Waals surface area contributed by atoms with Crippen molar-refractivity contribution in [3.63, 3.8) is 0 Å². The first-order valence-electron chi connectivity index (χ1n) is 9.34. The molecule has 0 bridgehead atoms. The second-order valence-electron chi connectivity index (χ2n) is 7.97. The number of benzene rings is 1. The van der Waals surface area contributed by atoms with E-state index in [0.717, 1.165) is 37.4 Å². The van der Waals surface area contributed by atoms with E-state index in [0.29, 0.717) is 19.0 Å². The third-order valence-electron chi connectivity index (χ3n) is 5.37. The molecule has 2 saturated heterocycles. The molecule has 1 N–H and O–H groups in total. The monoisotopic (exact) mass is 343 g/mol. The van der Waals surface area contributed by atoms with Crippen LogP contribution in [0, 0.1) is 11.8 Å². The third kappa shape index (κ3) is 3.56. The average molecular weight is 343 g/mol. The van der Waals surface area contributed by atoms with Crippen molar-refractivity contribution in [1.82, 2.24) is 15.1 Å². The minimum absolute atomic E-state index is 0.115. The first-order valence-corrected chi connectivity index (χ1v) is 9.34. The van der Waals surface area contributed by atoms with Gasteiger partial charge >= 0.3 is 6.03 Å². The summed E-state index contributed by atoms with van der Waals surface area (Å²) < 4.78 is 0. The SMILES string of the molecule is CC(C)C[C@]1(c2ccccc2)NC(=O)N(CN2CCC(C)CC2)C1=O. The van der Waals surface area contributed by atoms with Gasteiger partial charge in [-0.05, 0) is 36.7 Å². The molecule has 2 fully saturated rings. The number of imide groups is 1. The molecule has 136 valence electrons. The molecule has 2 aliphatic heterocycles. The minimum Gasteiger partial charge on any atom is -0.319 e. The quantitative estimate of drug-likeness (QED) is 0.836. The molecule has 0 unspecified atom stereocenters. The van der Waals surface area contributed by atoms with E-state index in [4.69, 9.17) is 0 Å². The van der Waals surface area contributed by atoms with E-state index < -0.39 is 5.54 Å². The summed E-state index contributed by atoms with van der Waals surface area (Å²) in [7, 11) is 0. The van der Waals surface area contributed by atoms with Crippen molar-refractivity contribution >= 4 is 11.9 Å². The number of rotatable bonds is 5. The van der Waals surface area contributed by atoms with Gasteiger partial charge in [-0.3, -0.25) is 9.69 Å². The summed E-state index contributed by atoms with van der Waals surface area (Å²) in [4.78, 5) is 29.6. The topological polar surface area (TPSA) is 52.7 Å². The summed E-state index contributed by atoms with van der Waals surface area (Å²) in [6, 6.07) is 9.38. The van der Waals surface area contributed by atoms with Gasteiger partial charge in [-0.1, -0.05) is 51.1 Å². The summed E-state index contributed by atoms with van der Waals surface area (Å²) in [6.45, 7) is 8.71. The van der Waals surface area contributed by atoms with Crippen molar-refractivity contribution in [2.45, 2.75) is 45.6 Å². The molecule has 5 nitrogen and oxygen atoms in total. The molecule has 0 aromatic heterocycles. The van der Waals surface area contributed by atoms with Crippen molar-refractivity contribution in [3.8, 4) is 0 Å². The van der Waals surface area contributed by atoms with Gasteiger partial charge in [0.25, 0.3) is 5.91 Å². The molecule has 1 aromatic carbocycles. The third-order valence-corrected chi connectivity index (χ3v) is 5.37. The van der Waals surface area contributed by atoms with Crippen molar-refractivity contribution < 1.29 is 9.59 Å². The van der Waals surface area contributed by atoms with Crippen LogP contribution in [0.2, 0.25) is 0 Å². The number of hydrogen-bond donors (Lipinski definition) is 1. The van der Waals surface area contributed by atoms with Crippen molar-refractivity contribution in [2.75, 3.05) is 19.8 Å². The van der Waals surface area contributed by atoms with E-state index in [-0.39, 0.29) is 11.9 Å². The fourth-order valence-corrected chi connectivity index (χ4v) is 3.94. The average Bonchev–Trinajstić information content (AvgIpc) is 2.82. The standard InChI is InChI=1S/C20H29N3O2/c1-15(2)13-20(17-7-5-4-6-8-17)18(24)23(19(25)21-20)14-22-11-9-16(3)10-12-22/h4-8,15-16H,9-14H2,1-3H3,(H,21,25)/t20-/m1/s1. The lowest BCUT2D eigenvalue weighted by Crippen LogP contribution is -2.47. The van der Waals surface area contributed by atoms with Gasteiger partial charge in [-0.25, -0.2) is 9.69 Å². The molecule has 5 heteroatoms. The van der Waals surface area contributed by atoms with Crippen LogP contribution in [-0.4, -0.2) is 41.5 Å². The van der Waals surface area contributed by atoms with Crippen molar-refractivity contribution in [3.05, 3.63) is 35.9 Å². The van der Waals surface area contributed by atoms with Crippen LogP contribution < -0.4 is 5.32 Å². The van der Waals surface area contributed by atoms with Crippen LogP contribution in [0.4, 0.5) is 4.79 Å². The highest BCUT2D eigenvalue weighted by Crippen LogP contribution is 2.35. The van der Waals surface area contributed by atoms with Crippen LogP contribution in [0.3, 0.4) is 0 Å². The Labute approximate surface area is 150 Å². The van der Waals surface area contributed by atoms with E-state index in [1.54, 1.807) is 0 Å². The molecule has 1 aromatic rings. The Kier molecular flexibility index (Phi) is 5.13. The van der Waals surface area contributed by atoms with Crippen LogP contribution in [0.1, 0.15) is 45.6 Å². The normalized spacial score (nSPS) is 25.7. The maximum Gasteiger partial charge on any atom is 0.326 e. The van der Waals surface area contributed by atoms with Crippen molar-refractivity contribution in [2.24, 2.45) is 11.8 Å². The van der Waals surface area contributed by atoms with Crippen LogP contribution in [-0.2, 0) is 10.3 Å². The summed E-state index contributed by atoms with van der Waals surface area (Å²) in [5.41, 5.74) is -0.0629. The first-order chi connectivity index (χ1) is 11.9. The number of carbonyl (C=O) groups excluding carboxylic acids is 2. The van der Waals surface area contributed by atoms with Crippen LogP contribution >= 0.6 is 0 Å². The molecule has 1 atom stereocenters.